The Bertz CT molecular complexity index is 603. The average molecular weight is 323 g/mol. The van der Waals surface area contributed by atoms with Crippen LogP contribution in [0.1, 0.15) is 24.0 Å². The molecule has 0 unspecified atom stereocenters. The highest BCUT2D eigenvalue weighted by molar-refractivity contribution is 5.16. The maximum atomic E-state index is 6.23. The minimum absolute atomic E-state index is 0.128. The van der Waals surface area contributed by atoms with Crippen molar-refractivity contribution in [3.8, 4) is 0 Å². The zero-order chi connectivity index (χ0) is 16.8. The fourth-order valence-electron chi connectivity index (χ4n) is 3.74. The molecule has 0 atom stereocenters. The van der Waals surface area contributed by atoms with Crippen LogP contribution in [0.4, 0.5) is 0 Å². The van der Waals surface area contributed by atoms with Crippen molar-refractivity contribution in [2.24, 2.45) is 5.73 Å². The van der Waals surface area contributed by atoms with Crippen molar-refractivity contribution >= 4 is 0 Å². The van der Waals surface area contributed by atoms with E-state index in [2.05, 4.69) is 77.5 Å². The summed E-state index contributed by atoms with van der Waals surface area (Å²) in [5, 5.41) is 0. The first kappa shape index (κ1) is 17.2. The summed E-state index contributed by atoms with van der Waals surface area (Å²) >= 11 is 0. The second-order valence-corrected chi connectivity index (χ2v) is 7.03. The van der Waals surface area contributed by atoms with Crippen molar-refractivity contribution in [3.05, 3.63) is 71.8 Å². The fraction of sp³-hybridized carbons (Fsp3) is 0.429. The molecule has 3 rings (SSSR count). The monoisotopic (exact) mass is 323 g/mol. The van der Waals surface area contributed by atoms with Gasteiger partial charge in [-0.2, -0.15) is 0 Å². The molecule has 3 heteroatoms. The lowest BCUT2D eigenvalue weighted by atomic mass is 9.85. The first-order chi connectivity index (χ1) is 11.7. The van der Waals surface area contributed by atoms with E-state index in [0.717, 1.165) is 45.6 Å². The highest BCUT2D eigenvalue weighted by Crippen LogP contribution is 2.29. The minimum Gasteiger partial charge on any atom is -0.329 e. The molecule has 1 heterocycles. The maximum absolute atomic E-state index is 6.23. The Kier molecular flexibility index (Phi) is 5.67. The number of likely N-dealkylation sites (tertiary alicyclic amines) is 1. The van der Waals surface area contributed by atoms with Crippen LogP contribution in [0.15, 0.2) is 60.7 Å². The molecular formula is C21H29N3. The molecule has 0 aliphatic carbocycles. The molecular weight excluding hydrogens is 294 g/mol. The highest BCUT2D eigenvalue weighted by atomic mass is 15.2. The molecule has 2 aromatic rings. The van der Waals surface area contributed by atoms with Gasteiger partial charge in [0.05, 0.1) is 0 Å². The van der Waals surface area contributed by atoms with Gasteiger partial charge < -0.3 is 5.73 Å². The second kappa shape index (κ2) is 7.93. The van der Waals surface area contributed by atoms with Gasteiger partial charge in [-0.15, -0.1) is 0 Å². The van der Waals surface area contributed by atoms with Crippen molar-refractivity contribution < 1.29 is 0 Å². The van der Waals surface area contributed by atoms with E-state index in [1.807, 2.05) is 0 Å². The molecule has 0 amide bonds. The fourth-order valence-corrected chi connectivity index (χ4v) is 3.74. The molecule has 1 fully saturated rings. The van der Waals surface area contributed by atoms with Crippen LogP contribution < -0.4 is 5.73 Å². The Labute approximate surface area is 146 Å². The number of benzene rings is 2. The van der Waals surface area contributed by atoms with Gasteiger partial charge in [0.15, 0.2) is 0 Å². The Morgan fingerprint density at radius 3 is 2.00 bits per heavy atom. The number of nitrogens with zero attached hydrogens (tertiary/aromatic N) is 2. The van der Waals surface area contributed by atoms with Crippen LogP contribution in [0.5, 0.6) is 0 Å². The molecule has 1 aliphatic heterocycles. The number of nitrogens with two attached hydrogens (primary N) is 1. The molecule has 2 aromatic carbocycles. The maximum Gasteiger partial charge on any atom is 0.0356 e. The molecule has 0 bridgehead atoms. The summed E-state index contributed by atoms with van der Waals surface area (Å²) in [4.78, 5) is 5.03. The molecule has 24 heavy (non-hydrogen) atoms. The zero-order valence-electron chi connectivity index (χ0n) is 14.7. The predicted octanol–water partition coefficient (Wildman–Crippen LogP) is 3.11. The van der Waals surface area contributed by atoms with Crippen LogP contribution in [0.3, 0.4) is 0 Å². The van der Waals surface area contributed by atoms with Crippen LogP contribution in [0, 0.1) is 0 Å². The van der Waals surface area contributed by atoms with Crippen molar-refractivity contribution in [1.29, 1.82) is 0 Å². The van der Waals surface area contributed by atoms with Gasteiger partial charge in [-0.1, -0.05) is 60.7 Å². The Balaban J connectivity index is 1.59. The Hall–Kier alpha value is -1.68. The molecule has 0 aromatic heterocycles. The third kappa shape index (κ3) is 4.04. The Morgan fingerprint density at radius 1 is 0.917 bits per heavy atom. The van der Waals surface area contributed by atoms with Gasteiger partial charge in [0.2, 0.25) is 0 Å². The summed E-state index contributed by atoms with van der Waals surface area (Å²) in [6.07, 6.45) is 2.28. The van der Waals surface area contributed by atoms with E-state index in [1.54, 1.807) is 0 Å². The average Bonchev–Trinajstić information content (AvgIpc) is 2.64. The van der Waals surface area contributed by atoms with E-state index in [4.69, 9.17) is 5.73 Å². The number of hydrogen-bond acceptors (Lipinski definition) is 3. The minimum atomic E-state index is 0.128. The predicted molar refractivity (Wildman–Crippen MR) is 101 cm³/mol. The van der Waals surface area contributed by atoms with E-state index in [0.29, 0.717) is 0 Å². The van der Waals surface area contributed by atoms with Crippen LogP contribution in [0.25, 0.3) is 0 Å². The number of rotatable bonds is 6. The summed E-state index contributed by atoms with van der Waals surface area (Å²) in [7, 11) is 2.23. The summed E-state index contributed by atoms with van der Waals surface area (Å²) in [6, 6.07) is 21.5. The topological polar surface area (TPSA) is 32.5 Å². The van der Waals surface area contributed by atoms with E-state index < -0.39 is 0 Å². The molecule has 0 radical (unpaired) electrons. The standard InChI is InChI=1S/C21H29N3/c1-23(16-19-8-4-2-5-9-19)21(18-22)12-14-24(15-13-21)17-20-10-6-3-7-11-20/h2-11H,12-18,22H2,1H3. The van der Waals surface area contributed by atoms with Gasteiger partial charge >= 0.3 is 0 Å². The molecule has 128 valence electrons. The Morgan fingerprint density at radius 2 is 1.46 bits per heavy atom. The van der Waals surface area contributed by atoms with Gasteiger partial charge in [0.1, 0.15) is 0 Å². The summed E-state index contributed by atoms with van der Waals surface area (Å²) in [5.41, 5.74) is 9.12. The van der Waals surface area contributed by atoms with Gasteiger partial charge in [0, 0.05) is 38.3 Å². The SMILES string of the molecule is CN(Cc1ccccc1)C1(CN)CCN(Cc2ccccc2)CC1. The van der Waals surface area contributed by atoms with Crippen molar-refractivity contribution in [2.45, 2.75) is 31.5 Å². The van der Waals surface area contributed by atoms with Crippen LogP contribution in [-0.2, 0) is 13.1 Å². The smallest absolute Gasteiger partial charge is 0.0356 e. The molecule has 2 N–H and O–H groups in total. The molecule has 0 saturated carbocycles. The number of piperidine rings is 1. The summed E-state index contributed by atoms with van der Waals surface area (Å²) < 4.78 is 0. The summed E-state index contributed by atoms with van der Waals surface area (Å²) in [6.45, 7) is 4.98. The molecule has 1 saturated heterocycles. The van der Waals surface area contributed by atoms with Gasteiger partial charge in [-0.05, 0) is 31.0 Å². The van der Waals surface area contributed by atoms with E-state index in [9.17, 15) is 0 Å². The van der Waals surface area contributed by atoms with Gasteiger partial charge in [0.25, 0.3) is 0 Å². The van der Waals surface area contributed by atoms with Crippen molar-refractivity contribution in [1.82, 2.24) is 9.80 Å². The van der Waals surface area contributed by atoms with Crippen LogP contribution in [-0.4, -0.2) is 42.0 Å². The van der Waals surface area contributed by atoms with Gasteiger partial charge in [-0.3, -0.25) is 9.80 Å². The van der Waals surface area contributed by atoms with E-state index in [1.165, 1.54) is 11.1 Å². The second-order valence-electron chi connectivity index (χ2n) is 7.03. The number of likely N-dealkylation sites (N-methyl/N-ethyl adjacent to an activating group) is 1. The van der Waals surface area contributed by atoms with E-state index in [-0.39, 0.29) is 5.54 Å². The lowest BCUT2D eigenvalue weighted by Crippen LogP contribution is -2.57. The van der Waals surface area contributed by atoms with Crippen molar-refractivity contribution in [2.75, 3.05) is 26.7 Å². The van der Waals surface area contributed by atoms with Gasteiger partial charge in [-0.25, -0.2) is 0 Å². The first-order valence-corrected chi connectivity index (χ1v) is 8.93. The largest absolute Gasteiger partial charge is 0.329 e. The van der Waals surface area contributed by atoms with Crippen molar-refractivity contribution in [3.63, 3.8) is 0 Å². The normalized spacial score (nSPS) is 18.0. The summed E-state index contributed by atoms with van der Waals surface area (Å²) in [5.74, 6) is 0. The van der Waals surface area contributed by atoms with E-state index >= 15 is 0 Å². The zero-order valence-corrected chi connectivity index (χ0v) is 14.7. The molecule has 0 spiro atoms. The third-order valence-corrected chi connectivity index (χ3v) is 5.49. The van der Waals surface area contributed by atoms with Crippen LogP contribution >= 0.6 is 0 Å². The van der Waals surface area contributed by atoms with Crippen LogP contribution in [0.2, 0.25) is 0 Å². The molecule has 3 nitrogen and oxygen atoms in total. The molecule has 1 aliphatic rings. The number of hydrogen-bond donors (Lipinski definition) is 1. The third-order valence-electron chi connectivity index (χ3n) is 5.49. The lowest BCUT2D eigenvalue weighted by Gasteiger charge is -2.47. The lowest BCUT2D eigenvalue weighted by molar-refractivity contribution is 0.0374. The first-order valence-electron chi connectivity index (χ1n) is 8.93. The quantitative estimate of drug-likeness (QED) is 0.886. The highest BCUT2D eigenvalue weighted by Gasteiger charge is 2.36.